The zero-order valence-corrected chi connectivity index (χ0v) is 19.3. The van der Waals surface area contributed by atoms with Crippen LogP contribution in [0, 0.1) is 6.92 Å². The van der Waals surface area contributed by atoms with Crippen molar-refractivity contribution in [2.24, 2.45) is 0 Å². The quantitative estimate of drug-likeness (QED) is 0.636. The highest BCUT2D eigenvalue weighted by atomic mass is 16.5. The summed E-state index contributed by atoms with van der Waals surface area (Å²) in [6, 6.07) is 14.7. The molecule has 2 aromatic rings. The van der Waals surface area contributed by atoms with Crippen molar-refractivity contribution in [3.05, 3.63) is 59.7 Å². The van der Waals surface area contributed by atoms with Crippen molar-refractivity contribution < 1.29 is 19.1 Å². The van der Waals surface area contributed by atoms with E-state index in [2.05, 4.69) is 5.32 Å². The molecule has 1 unspecified atom stereocenters. The topological polar surface area (TPSA) is 67.9 Å². The van der Waals surface area contributed by atoms with Gasteiger partial charge in [-0.15, -0.1) is 0 Å². The fourth-order valence-corrected chi connectivity index (χ4v) is 3.98. The number of amides is 2. The lowest BCUT2D eigenvalue weighted by Crippen LogP contribution is -2.51. The molecular formula is C26H34N2O4. The van der Waals surface area contributed by atoms with E-state index in [9.17, 15) is 9.59 Å². The lowest BCUT2D eigenvalue weighted by Gasteiger charge is -2.31. The van der Waals surface area contributed by atoms with E-state index in [1.807, 2.05) is 55.5 Å². The number of nitrogens with zero attached hydrogens (tertiary/aromatic N) is 1. The van der Waals surface area contributed by atoms with Crippen LogP contribution in [-0.2, 0) is 16.1 Å². The molecule has 0 radical (unpaired) electrons. The van der Waals surface area contributed by atoms with Gasteiger partial charge in [0.2, 0.25) is 5.91 Å². The van der Waals surface area contributed by atoms with E-state index in [1.165, 1.54) is 6.42 Å². The van der Waals surface area contributed by atoms with Gasteiger partial charge < -0.3 is 19.7 Å². The van der Waals surface area contributed by atoms with Gasteiger partial charge in [0.05, 0.1) is 7.11 Å². The van der Waals surface area contributed by atoms with Gasteiger partial charge in [-0.2, -0.15) is 0 Å². The number of aryl methyl sites for hydroxylation is 1. The Morgan fingerprint density at radius 1 is 1.06 bits per heavy atom. The van der Waals surface area contributed by atoms with Gasteiger partial charge >= 0.3 is 0 Å². The lowest BCUT2D eigenvalue weighted by atomic mass is 9.95. The summed E-state index contributed by atoms with van der Waals surface area (Å²) in [5, 5.41) is 3.14. The van der Waals surface area contributed by atoms with Crippen LogP contribution in [0.2, 0.25) is 0 Å². The standard InChI is InChI=1S/C26H34N2O4/c1-19-12-14-23(15-13-19)32-18-25(29)28(17-21-8-7-11-24(16-21)31-3)20(2)26(30)27-22-9-5-4-6-10-22/h7-8,11-16,20,22H,4-6,9-10,17-18H2,1-3H3,(H,27,30). The van der Waals surface area contributed by atoms with Crippen molar-refractivity contribution in [2.45, 2.75) is 64.6 Å². The lowest BCUT2D eigenvalue weighted by molar-refractivity contribution is -0.142. The molecule has 1 atom stereocenters. The highest BCUT2D eigenvalue weighted by Gasteiger charge is 2.28. The predicted molar refractivity (Wildman–Crippen MR) is 125 cm³/mol. The molecule has 6 heteroatoms. The molecule has 1 saturated carbocycles. The highest BCUT2D eigenvalue weighted by Crippen LogP contribution is 2.20. The van der Waals surface area contributed by atoms with E-state index in [1.54, 1.807) is 18.9 Å². The number of carbonyl (C=O) groups is 2. The van der Waals surface area contributed by atoms with Crippen molar-refractivity contribution in [2.75, 3.05) is 13.7 Å². The Kier molecular flexibility index (Phi) is 8.54. The van der Waals surface area contributed by atoms with Gasteiger partial charge in [-0.25, -0.2) is 0 Å². The Balaban J connectivity index is 1.71. The first-order valence-corrected chi connectivity index (χ1v) is 11.4. The molecule has 1 fully saturated rings. The molecule has 1 N–H and O–H groups in total. The van der Waals surface area contributed by atoms with E-state index in [-0.39, 0.29) is 24.5 Å². The Morgan fingerprint density at radius 3 is 2.47 bits per heavy atom. The summed E-state index contributed by atoms with van der Waals surface area (Å²) in [5.74, 6) is 0.984. The third kappa shape index (κ3) is 6.74. The summed E-state index contributed by atoms with van der Waals surface area (Å²) in [4.78, 5) is 27.8. The minimum Gasteiger partial charge on any atom is -0.497 e. The second kappa shape index (κ2) is 11.6. The molecule has 32 heavy (non-hydrogen) atoms. The van der Waals surface area contributed by atoms with Crippen LogP contribution in [0.3, 0.4) is 0 Å². The molecule has 1 aliphatic carbocycles. The van der Waals surface area contributed by atoms with Crippen molar-refractivity contribution in [3.8, 4) is 11.5 Å². The molecule has 172 valence electrons. The van der Waals surface area contributed by atoms with Crippen LogP contribution < -0.4 is 14.8 Å². The third-order valence-electron chi connectivity index (χ3n) is 5.99. The van der Waals surface area contributed by atoms with Crippen LogP contribution >= 0.6 is 0 Å². The van der Waals surface area contributed by atoms with Crippen LogP contribution in [0.4, 0.5) is 0 Å². The molecule has 0 bridgehead atoms. The number of hydrogen-bond acceptors (Lipinski definition) is 4. The summed E-state index contributed by atoms with van der Waals surface area (Å²) in [6.45, 7) is 3.94. The van der Waals surface area contributed by atoms with Gasteiger partial charge in [0, 0.05) is 12.6 Å². The number of rotatable bonds is 9. The molecule has 0 spiro atoms. The maximum Gasteiger partial charge on any atom is 0.261 e. The molecular weight excluding hydrogens is 404 g/mol. The Hall–Kier alpha value is -3.02. The summed E-state index contributed by atoms with van der Waals surface area (Å²) < 4.78 is 11.0. The second-order valence-electron chi connectivity index (χ2n) is 8.49. The highest BCUT2D eigenvalue weighted by molar-refractivity contribution is 5.88. The van der Waals surface area contributed by atoms with Crippen molar-refractivity contribution in [1.29, 1.82) is 0 Å². The van der Waals surface area contributed by atoms with Gasteiger partial charge in [0.1, 0.15) is 17.5 Å². The number of methoxy groups -OCH3 is 1. The SMILES string of the molecule is COc1cccc(CN(C(=O)COc2ccc(C)cc2)C(C)C(=O)NC2CCCCC2)c1. The summed E-state index contributed by atoms with van der Waals surface area (Å²) >= 11 is 0. The van der Waals surface area contributed by atoms with Crippen LogP contribution in [-0.4, -0.2) is 42.5 Å². The first kappa shape index (κ1) is 23.6. The van der Waals surface area contributed by atoms with E-state index in [0.717, 1.165) is 36.8 Å². The van der Waals surface area contributed by atoms with Crippen LogP contribution in [0.15, 0.2) is 48.5 Å². The predicted octanol–water partition coefficient (Wildman–Crippen LogP) is 4.25. The zero-order valence-electron chi connectivity index (χ0n) is 19.3. The molecule has 3 rings (SSSR count). The Labute approximate surface area is 190 Å². The fourth-order valence-electron chi connectivity index (χ4n) is 3.98. The monoisotopic (exact) mass is 438 g/mol. The average Bonchev–Trinajstić information content (AvgIpc) is 2.82. The smallest absolute Gasteiger partial charge is 0.261 e. The summed E-state index contributed by atoms with van der Waals surface area (Å²) in [7, 11) is 1.61. The molecule has 0 aromatic heterocycles. The van der Waals surface area contributed by atoms with Crippen molar-refractivity contribution in [3.63, 3.8) is 0 Å². The molecule has 0 saturated heterocycles. The molecule has 0 heterocycles. The number of carbonyl (C=O) groups excluding carboxylic acids is 2. The average molecular weight is 439 g/mol. The normalized spacial score (nSPS) is 15.0. The second-order valence-corrected chi connectivity index (χ2v) is 8.49. The maximum absolute atomic E-state index is 13.2. The number of nitrogens with one attached hydrogen (secondary N) is 1. The van der Waals surface area contributed by atoms with Gasteiger partial charge in [0.15, 0.2) is 6.61 Å². The first-order valence-electron chi connectivity index (χ1n) is 11.4. The minimum absolute atomic E-state index is 0.122. The van der Waals surface area contributed by atoms with Crippen molar-refractivity contribution >= 4 is 11.8 Å². The first-order chi connectivity index (χ1) is 15.5. The van der Waals surface area contributed by atoms with E-state index in [0.29, 0.717) is 18.0 Å². The molecule has 6 nitrogen and oxygen atoms in total. The van der Waals surface area contributed by atoms with Gasteiger partial charge in [-0.05, 0) is 56.5 Å². The van der Waals surface area contributed by atoms with Gasteiger partial charge in [0.25, 0.3) is 5.91 Å². The fraction of sp³-hybridized carbons (Fsp3) is 0.462. The molecule has 0 aliphatic heterocycles. The maximum atomic E-state index is 13.2. The van der Waals surface area contributed by atoms with E-state index in [4.69, 9.17) is 9.47 Å². The number of benzene rings is 2. The van der Waals surface area contributed by atoms with Crippen LogP contribution in [0.5, 0.6) is 11.5 Å². The Bertz CT molecular complexity index is 891. The van der Waals surface area contributed by atoms with Gasteiger partial charge in [-0.3, -0.25) is 9.59 Å². The third-order valence-corrected chi connectivity index (χ3v) is 5.99. The van der Waals surface area contributed by atoms with Crippen LogP contribution in [0.1, 0.15) is 50.2 Å². The molecule has 2 aromatic carbocycles. The molecule has 2 amide bonds. The number of hydrogen-bond donors (Lipinski definition) is 1. The largest absolute Gasteiger partial charge is 0.497 e. The number of ether oxygens (including phenoxy) is 2. The molecule has 1 aliphatic rings. The minimum atomic E-state index is -0.614. The Morgan fingerprint density at radius 2 is 1.78 bits per heavy atom. The van der Waals surface area contributed by atoms with Crippen LogP contribution in [0.25, 0.3) is 0 Å². The zero-order chi connectivity index (χ0) is 22.9. The van der Waals surface area contributed by atoms with Gasteiger partial charge in [-0.1, -0.05) is 49.1 Å². The van der Waals surface area contributed by atoms with E-state index >= 15 is 0 Å². The summed E-state index contributed by atoms with van der Waals surface area (Å²) in [6.07, 6.45) is 5.49. The summed E-state index contributed by atoms with van der Waals surface area (Å²) in [5.41, 5.74) is 2.02. The van der Waals surface area contributed by atoms with E-state index < -0.39 is 6.04 Å². The van der Waals surface area contributed by atoms with Crippen molar-refractivity contribution in [1.82, 2.24) is 10.2 Å².